The summed E-state index contributed by atoms with van der Waals surface area (Å²) >= 11 is 0. The molecule has 0 saturated heterocycles. The van der Waals surface area contributed by atoms with Gasteiger partial charge in [0.15, 0.2) is 0 Å². The Morgan fingerprint density at radius 1 is 0.368 bits per heavy atom. The highest BCUT2D eigenvalue weighted by Gasteiger charge is 2.39. The Morgan fingerprint density at radius 3 is 0.926 bits per heavy atom. The van der Waals surface area contributed by atoms with Crippen molar-refractivity contribution in [2.45, 2.75) is 254 Å². The molecule has 0 heterocycles. The summed E-state index contributed by atoms with van der Waals surface area (Å²) < 4.78 is 0. The Labute approximate surface area is 416 Å². The number of phenols is 4. The van der Waals surface area contributed by atoms with Crippen molar-refractivity contribution in [1.82, 2.24) is 0 Å². The van der Waals surface area contributed by atoms with Crippen LogP contribution in [0.5, 0.6) is 23.0 Å². The quantitative estimate of drug-likeness (QED) is 0.0592. The van der Waals surface area contributed by atoms with Gasteiger partial charge < -0.3 is 20.4 Å². The van der Waals surface area contributed by atoms with Crippen molar-refractivity contribution in [3.8, 4) is 23.0 Å². The zero-order chi connectivity index (χ0) is 50.9. The second-order valence-electron chi connectivity index (χ2n) is 25.2. The molecule has 0 fully saturated rings. The molecule has 4 aromatic rings. The van der Waals surface area contributed by atoms with Crippen LogP contribution in [0, 0.1) is 19.8 Å². The molecule has 4 rings (SSSR count). The van der Waals surface area contributed by atoms with Gasteiger partial charge in [-0.2, -0.15) is 0 Å². The predicted octanol–water partition coefficient (Wildman–Crippen LogP) is 18.5. The molecule has 0 saturated carbocycles. The molecule has 378 valence electrons. The van der Waals surface area contributed by atoms with Gasteiger partial charge in [-0.15, -0.1) is 0 Å². The molecular formula is C64H98O4. The van der Waals surface area contributed by atoms with Crippen LogP contribution >= 0.6 is 0 Å². The van der Waals surface area contributed by atoms with E-state index < -0.39 is 5.92 Å². The summed E-state index contributed by atoms with van der Waals surface area (Å²) in [4.78, 5) is 0. The SMILES string of the molecule is CCCCCCCCCc1cc(C)cc(C(c2cc(C)cc(CCCCCCCCC)c2O)C(C)C(c2cc(C(C)(C)C)c(O)c(C(C)(C)C)c2)c2cc(C(C)(C)C)c(O)c(C(C)(C)C)c2)c1O. The van der Waals surface area contributed by atoms with Crippen molar-refractivity contribution >= 4 is 0 Å². The summed E-state index contributed by atoms with van der Waals surface area (Å²) in [6, 6.07) is 17.6. The lowest BCUT2D eigenvalue weighted by atomic mass is 9.66. The first kappa shape index (κ1) is 56.7. The van der Waals surface area contributed by atoms with Crippen LogP contribution in [-0.2, 0) is 34.5 Å². The second-order valence-corrected chi connectivity index (χ2v) is 25.2. The van der Waals surface area contributed by atoms with E-state index >= 15 is 0 Å². The average Bonchev–Trinajstić information content (AvgIpc) is 3.22. The number of unbranched alkanes of at least 4 members (excludes halogenated alkanes) is 12. The van der Waals surface area contributed by atoms with Crippen molar-refractivity contribution < 1.29 is 20.4 Å². The number of aryl methyl sites for hydroxylation is 4. The summed E-state index contributed by atoms with van der Waals surface area (Å²) in [5.41, 5.74) is 10.1. The Morgan fingerprint density at radius 2 is 0.647 bits per heavy atom. The Balaban J connectivity index is 2.13. The van der Waals surface area contributed by atoms with E-state index in [2.05, 4.69) is 166 Å². The molecule has 0 aromatic heterocycles. The van der Waals surface area contributed by atoms with E-state index in [-0.39, 0.29) is 33.5 Å². The number of hydrogen-bond acceptors (Lipinski definition) is 4. The van der Waals surface area contributed by atoms with Crippen LogP contribution in [0.4, 0.5) is 0 Å². The van der Waals surface area contributed by atoms with E-state index in [9.17, 15) is 20.4 Å². The van der Waals surface area contributed by atoms with Gasteiger partial charge in [0.2, 0.25) is 0 Å². The second kappa shape index (κ2) is 23.8. The molecule has 0 aliphatic heterocycles. The molecule has 0 amide bonds. The van der Waals surface area contributed by atoms with Gasteiger partial charge >= 0.3 is 0 Å². The number of phenolic OH excluding ortho intramolecular Hbond substituents is 4. The predicted molar refractivity (Wildman–Crippen MR) is 293 cm³/mol. The summed E-state index contributed by atoms with van der Waals surface area (Å²) in [5, 5.41) is 49.9. The normalized spacial score (nSPS) is 13.3. The molecule has 4 nitrogen and oxygen atoms in total. The van der Waals surface area contributed by atoms with Crippen LogP contribution in [0.3, 0.4) is 0 Å². The lowest BCUT2D eigenvalue weighted by Gasteiger charge is -2.38. The van der Waals surface area contributed by atoms with Crippen molar-refractivity contribution in [3.05, 3.63) is 115 Å². The lowest BCUT2D eigenvalue weighted by molar-refractivity contribution is 0.395. The molecule has 0 spiro atoms. The highest BCUT2D eigenvalue weighted by Crippen LogP contribution is 2.53. The third-order valence-electron chi connectivity index (χ3n) is 14.8. The fraction of sp³-hybridized carbons (Fsp3) is 0.625. The topological polar surface area (TPSA) is 80.9 Å². The third kappa shape index (κ3) is 14.6. The minimum absolute atomic E-state index is 0.233. The highest BCUT2D eigenvalue weighted by molar-refractivity contribution is 5.59. The van der Waals surface area contributed by atoms with E-state index in [1.807, 2.05) is 0 Å². The molecule has 1 atom stereocenters. The molecule has 4 aromatic carbocycles. The highest BCUT2D eigenvalue weighted by atomic mass is 16.3. The Bertz CT molecular complexity index is 2020. The Kier molecular flexibility index (Phi) is 19.8. The first-order valence-electron chi connectivity index (χ1n) is 27.0. The molecular weight excluding hydrogens is 833 g/mol. The number of aromatic hydroxyl groups is 4. The van der Waals surface area contributed by atoms with Gasteiger partial charge in [-0.25, -0.2) is 0 Å². The van der Waals surface area contributed by atoms with Gasteiger partial charge in [0.25, 0.3) is 0 Å². The summed E-state index contributed by atoms with van der Waals surface area (Å²) in [6.07, 6.45) is 18.4. The van der Waals surface area contributed by atoms with Gasteiger partial charge in [-0.3, -0.25) is 0 Å². The van der Waals surface area contributed by atoms with Crippen molar-refractivity contribution in [2.75, 3.05) is 0 Å². The molecule has 0 aliphatic carbocycles. The number of benzene rings is 4. The van der Waals surface area contributed by atoms with Gasteiger partial charge in [0.05, 0.1) is 0 Å². The molecule has 0 bridgehead atoms. The standard InChI is InChI=1S/C64H98O4/c1-18-20-22-24-26-28-30-32-45-34-42(3)36-49(57(45)65)56(50-37-43(4)35-46(58(50)66)33-31-29-27-25-23-21-19-2)44(5)55(47-38-51(61(6,7)8)59(67)52(39-47)62(9,10)11)48-40-53(63(12,13)14)60(68)54(41-48)64(15,16)17/h34-41,44,55-56,65-68H,18-33H2,1-17H3. The summed E-state index contributed by atoms with van der Waals surface area (Å²) in [7, 11) is 0. The van der Waals surface area contributed by atoms with Crippen LogP contribution in [0.2, 0.25) is 0 Å². The molecule has 4 heteroatoms. The molecule has 68 heavy (non-hydrogen) atoms. The van der Waals surface area contributed by atoms with Crippen molar-refractivity contribution in [1.29, 1.82) is 0 Å². The maximum absolute atomic E-state index is 12.8. The van der Waals surface area contributed by atoms with E-state index in [4.69, 9.17) is 0 Å². The van der Waals surface area contributed by atoms with Gasteiger partial charge in [0.1, 0.15) is 23.0 Å². The van der Waals surface area contributed by atoms with Crippen LogP contribution in [-0.4, -0.2) is 20.4 Å². The monoisotopic (exact) mass is 931 g/mol. The summed E-state index contributed by atoms with van der Waals surface area (Å²) in [6.45, 7) is 37.2. The Hall–Kier alpha value is -3.92. The number of hydrogen-bond donors (Lipinski definition) is 4. The van der Waals surface area contributed by atoms with Crippen molar-refractivity contribution in [2.24, 2.45) is 5.92 Å². The van der Waals surface area contributed by atoms with Crippen LogP contribution < -0.4 is 0 Å². The number of rotatable bonds is 22. The zero-order valence-corrected chi connectivity index (χ0v) is 46.5. The zero-order valence-electron chi connectivity index (χ0n) is 46.5. The van der Waals surface area contributed by atoms with Crippen molar-refractivity contribution in [3.63, 3.8) is 0 Å². The smallest absolute Gasteiger partial charge is 0.123 e. The molecule has 0 aliphatic rings. The largest absolute Gasteiger partial charge is 0.507 e. The van der Waals surface area contributed by atoms with E-state index in [1.54, 1.807) is 0 Å². The maximum atomic E-state index is 12.8. The van der Waals surface area contributed by atoms with Crippen LogP contribution in [0.1, 0.15) is 272 Å². The van der Waals surface area contributed by atoms with E-state index in [0.29, 0.717) is 23.0 Å². The third-order valence-corrected chi connectivity index (χ3v) is 14.8. The van der Waals surface area contributed by atoms with Crippen LogP contribution in [0.25, 0.3) is 0 Å². The minimum Gasteiger partial charge on any atom is -0.507 e. The maximum Gasteiger partial charge on any atom is 0.123 e. The van der Waals surface area contributed by atoms with Gasteiger partial charge in [-0.1, -0.05) is 241 Å². The van der Waals surface area contributed by atoms with E-state index in [1.165, 1.54) is 64.2 Å². The minimum atomic E-state index is -0.421. The van der Waals surface area contributed by atoms with E-state index in [0.717, 1.165) is 105 Å². The first-order chi connectivity index (χ1) is 31.6. The van der Waals surface area contributed by atoms with Crippen LogP contribution in [0.15, 0.2) is 48.5 Å². The molecule has 1 unspecified atom stereocenters. The average molecular weight is 931 g/mol. The fourth-order valence-corrected chi connectivity index (χ4v) is 10.9. The molecule has 4 N–H and O–H groups in total. The lowest BCUT2D eigenvalue weighted by Crippen LogP contribution is -2.25. The summed E-state index contributed by atoms with van der Waals surface area (Å²) in [5.74, 6) is 0.401. The van der Waals surface area contributed by atoms with Gasteiger partial charge in [-0.05, 0) is 112 Å². The molecule has 0 radical (unpaired) electrons. The fourth-order valence-electron chi connectivity index (χ4n) is 10.9. The van der Waals surface area contributed by atoms with Gasteiger partial charge in [0, 0.05) is 23.0 Å². The first-order valence-corrected chi connectivity index (χ1v) is 27.0.